The average molecular weight is 284 g/mol. The fraction of sp³-hybridized carbons (Fsp3) is 0.882. The molecule has 1 saturated heterocycles. The Hall–Kier alpha value is -0.380. The molecule has 1 aliphatic rings. The zero-order chi connectivity index (χ0) is 14.7. The first-order valence-electron chi connectivity index (χ1n) is 8.14. The number of unbranched alkanes of at least 4 members (excludes halogenated alkanes) is 7. The lowest BCUT2D eigenvalue weighted by molar-refractivity contribution is -0.145. The fourth-order valence-corrected chi connectivity index (χ4v) is 2.44. The second-order valence-electron chi connectivity index (χ2n) is 6.08. The summed E-state index contributed by atoms with van der Waals surface area (Å²) in [7, 11) is 0. The second-order valence-corrected chi connectivity index (χ2v) is 6.08. The Morgan fingerprint density at radius 3 is 2.35 bits per heavy atom. The predicted octanol–water partition coefficient (Wildman–Crippen LogP) is 4.46. The van der Waals surface area contributed by atoms with E-state index in [4.69, 9.17) is 14.2 Å². The van der Waals surface area contributed by atoms with E-state index in [1.54, 1.807) is 0 Å². The third kappa shape index (κ3) is 8.72. The monoisotopic (exact) mass is 284 g/mol. The second kappa shape index (κ2) is 10.4. The molecular formula is C17H32O3. The summed E-state index contributed by atoms with van der Waals surface area (Å²) >= 11 is 0. The Labute approximate surface area is 124 Å². The van der Waals surface area contributed by atoms with Crippen molar-refractivity contribution < 1.29 is 14.2 Å². The van der Waals surface area contributed by atoms with Gasteiger partial charge in [-0.3, -0.25) is 0 Å². The number of hydrogen-bond acceptors (Lipinski definition) is 3. The summed E-state index contributed by atoms with van der Waals surface area (Å²) in [5.74, 6) is -0.431. The molecule has 3 heteroatoms. The topological polar surface area (TPSA) is 27.7 Å². The molecule has 0 saturated carbocycles. The van der Waals surface area contributed by atoms with Gasteiger partial charge >= 0.3 is 0 Å². The first kappa shape index (κ1) is 17.7. The van der Waals surface area contributed by atoms with Gasteiger partial charge in [-0.15, -0.1) is 6.58 Å². The van der Waals surface area contributed by atoms with Crippen LogP contribution in [0, 0.1) is 0 Å². The molecule has 0 spiro atoms. The normalized spacial score (nSPS) is 21.2. The van der Waals surface area contributed by atoms with Crippen LogP contribution in [0.2, 0.25) is 0 Å². The molecule has 1 unspecified atom stereocenters. The van der Waals surface area contributed by atoms with Crippen LogP contribution in [-0.4, -0.2) is 31.7 Å². The van der Waals surface area contributed by atoms with E-state index >= 15 is 0 Å². The predicted molar refractivity (Wildman–Crippen MR) is 82.9 cm³/mol. The molecule has 1 aliphatic heterocycles. The molecule has 0 aromatic rings. The van der Waals surface area contributed by atoms with Crippen LogP contribution in [-0.2, 0) is 14.2 Å². The molecule has 118 valence electrons. The van der Waals surface area contributed by atoms with E-state index in [1.807, 2.05) is 19.9 Å². The molecule has 0 bridgehead atoms. The molecule has 1 rings (SSSR count). The Kier molecular flexibility index (Phi) is 9.16. The fourth-order valence-electron chi connectivity index (χ4n) is 2.44. The first-order valence-corrected chi connectivity index (χ1v) is 8.14. The molecular weight excluding hydrogens is 252 g/mol. The maximum Gasteiger partial charge on any atom is 0.163 e. The van der Waals surface area contributed by atoms with Crippen molar-refractivity contribution >= 4 is 0 Å². The Balaban J connectivity index is 1.78. The summed E-state index contributed by atoms with van der Waals surface area (Å²) in [6, 6.07) is 0. The molecule has 1 atom stereocenters. The molecule has 1 heterocycles. The lowest BCUT2D eigenvalue weighted by Gasteiger charge is -2.17. The van der Waals surface area contributed by atoms with Gasteiger partial charge in [0.2, 0.25) is 0 Å². The standard InChI is InChI=1S/C17H32O3/c1-4-5-6-7-8-9-10-11-12-13-18-14-16-15-19-17(2,3)20-16/h4,16H,1,5-15H2,2-3H3. The van der Waals surface area contributed by atoms with Gasteiger partial charge < -0.3 is 14.2 Å². The quantitative estimate of drug-likeness (QED) is 0.391. The van der Waals surface area contributed by atoms with Gasteiger partial charge in [-0.2, -0.15) is 0 Å². The molecule has 0 aromatic carbocycles. The Morgan fingerprint density at radius 1 is 1.10 bits per heavy atom. The van der Waals surface area contributed by atoms with Crippen molar-refractivity contribution in [3.05, 3.63) is 12.7 Å². The molecule has 0 radical (unpaired) electrons. The SMILES string of the molecule is C=CCCCCCCCCCOCC1COC(C)(C)O1. The minimum Gasteiger partial charge on any atom is -0.379 e. The van der Waals surface area contributed by atoms with Crippen molar-refractivity contribution in [2.75, 3.05) is 19.8 Å². The van der Waals surface area contributed by atoms with Crippen LogP contribution in [0.1, 0.15) is 65.2 Å². The van der Waals surface area contributed by atoms with Crippen molar-refractivity contribution in [2.24, 2.45) is 0 Å². The van der Waals surface area contributed by atoms with Gasteiger partial charge in [-0.1, -0.05) is 38.2 Å². The van der Waals surface area contributed by atoms with Gasteiger partial charge in [0.25, 0.3) is 0 Å². The highest BCUT2D eigenvalue weighted by Gasteiger charge is 2.32. The van der Waals surface area contributed by atoms with E-state index in [2.05, 4.69) is 6.58 Å². The van der Waals surface area contributed by atoms with Gasteiger partial charge in [0.15, 0.2) is 5.79 Å². The number of allylic oxidation sites excluding steroid dienone is 1. The Morgan fingerprint density at radius 2 is 1.75 bits per heavy atom. The smallest absolute Gasteiger partial charge is 0.163 e. The van der Waals surface area contributed by atoms with E-state index in [9.17, 15) is 0 Å². The molecule has 20 heavy (non-hydrogen) atoms. The van der Waals surface area contributed by atoms with Crippen LogP contribution in [0.4, 0.5) is 0 Å². The highest BCUT2D eigenvalue weighted by Crippen LogP contribution is 2.22. The van der Waals surface area contributed by atoms with Gasteiger partial charge in [0.05, 0.1) is 13.2 Å². The van der Waals surface area contributed by atoms with E-state index in [-0.39, 0.29) is 6.10 Å². The van der Waals surface area contributed by atoms with Crippen LogP contribution in [0.15, 0.2) is 12.7 Å². The summed E-state index contributed by atoms with van der Waals surface area (Å²) in [5.41, 5.74) is 0. The van der Waals surface area contributed by atoms with Crippen LogP contribution < -0.4 is 0 Å². The molecule has 0 amide bonds. The first-order chi connectivity index (χ1) is 9.64. The average Bonchev–Trinajstić information content (AvgIpc) is 2.75. The van der Waals surface area contributed by atoms with E-state index in [0.29, 0.717) is 13.2 Å². The Bertz CT molecular complexity index is 251. The third-order valence-electron chi connectivity index (χ3n) is 3.57. The maximum atomic E-state index is 5.69. The van der Waals surface area contributed by atoms with E-state index in [1.165, 1.54) is 38.5 Å². The minimum atomic E-state index is -0.431. The van der Waals surface area contributed by atoms with Crippen molar-refractivity contribution in [1.29, 1.82) is 0 Å². The zero-order valence-electron chi connectivity index (χ0n) is 13.4. The lowest BCUT2D eigenvalue weighted by Crippen LogP contribution is -2.24. The molecule has 3 nitrogen and oxygen atoms in total. The van der Waals surface area contributed by atoms with Crippen molar-refractivity contribution in [1.82, 2.24) is 0 Å². The molecule has 0 N–H and O–H groups in total. The van der Waals surface area contributed by atoms with E-state index in [0.717, 1.165) is 19.4 Å². The summed E-state index contributed by atoms with van der Waals surface area (Å²) in [4.78, 5) is 0. The zero-order valence-corrected chi connectivity index (χ0v) is 13.4. The number of hydrogen-bond donors (Lipinski definition) is 0. The van der Waals surface area contributed by atoms with Crippen molar-refractivity contribution in [3.8, 4) is 0 Å². The van der Waals surface area contributed by atoms with Crippen LogP contribution in [0.5, 0.6) is 0 Å². The van der Waals surface area contributed by atoms with Gasteiger partial charge in [0.1, 0.15) is 6.10 Å². The molecule has 1 fully saturated rings. The maximum absolute atomic E-state index is 5.69. The summed E-state index contributed by atoms with van der Waals surface area (Å²) < 4.78 is 16.8. The molecule has 0 aromatic heterocycles. The summed E-state index contributed by atoms with van der Waals surface area (Å²) in [6.45, 7) is 9.79. The lowest BCUT2D eigenvalue weighted by atomic mass is 10.1. The highest BCUT2D eigenvalue weighted by molar-refractivity contribution is 4.70. The van der Waals surface area contributed by atoms with Crippen LogP contribution in [0.3, 0.4) is 0 Å². The molecule has 0 aliphatic carbocycles. The van der Waals surface area contributed by atoms with Crippen LogP contribution >= 0.6 is 0 Å². The van der Waals surface area contributed by atoms with E-state index < -0.39 is 5.79 Å². The largest absolute Gasteiger partial charge is 0.379 e. The van der Waals surface area contributed by atoms with Gasteiger partial charge in [0, 0.05) is 6.61 Å². The number of rotatable bonds is 12. The van der Waals surface area contributed by atoms with Gasteiger partial charge in [-0.25, -0.2) is 0 Å². The minimum absolute atomic E-state index is 0.106. The van der Waals surface area contributed by atoms with Gasteiger partial charge in [-0.05, 0) is 33.1 Å². The number of ether oxygens (including phenoxy) is 3. The highest BCUT2D eigenvalue weighted by atomic mass is 16.7. The third-order valence-corrected chi connectivity index (χ3v) is 3.57. The van der Waals surface area contributed by atoms with Crippen LogP contribution in [0.25, 0.3) is 0 Å². The summed E-state index contributed by atoms with van der Waals surface area (Å²) in [5, 5.41) is 0. The summed E-state index contributed by atoms with van der Waals surface area (Å²) in [6.07, 6.45) is 12.4. The van der Waals surface area contributed by atoms with Crippen molar-refractivity contribution in [3.63, 3.8) is 0 Å². The van der Waals surface area contributed by atoms with Crippen molar-refractivity contribution in [2.45, 2.75) is 77.1 Å².